The third kappa shape index (κ3) is 5.34. The van der Waals surface area contributed by atoms with E-state index in [0.29, 0.717) is 6.54 Å². The molecule has 0 aromatic carbocycles. The van der Waals surface area contributed by atoms with E-state index >= 15 is 0 Å². The largest absolute Gasteiger partial charge is 0.382 e. The Balaban J connectivity index is 2.16. The van der Waals surface area contributed by atoms with Crippen LogP contribution in [0.1, 0.15) is 11.4 Å². The van der Waals surface area contributed by atoms with Crippen LogP contribution in [0.4, 0.5) is 0 Å². The first-order valence-corrected chi connectivity index (χ1v) is 6.22. The highest BCUT2D eigenvalue weighted by atomic mass is 32.2. The zero-order valence-electron chi connectivity index (χ0n) is 9.55. The van der Waals surface area contributed by atoms with Gasteiger partial charge in [-0.2, -0.15) is 11.8 Å². The first kappa shape index (κ1) is 13.5. The number of nitrogens with zero attached hydrogens (tertiary/aromatic N) is 3. The first-order valence-electron chi connectivity index (χ1n) is 5.06. The zero-order valence-corrected chi connectivity index (χ0v) is 10.4. The van der Waals surface area contributed by atoms with Crippen molar-refractivity contribution in [1.82, 2.24) is 9.97 Å². The lowest BCUT2D eigenvalue weighted by atomic mass is 10.4. The van der Waals surface area contributed by atoms with E-state index in [1.165, 1.54) is 0 Å². The molecule has 0 unspecified atom stereocenters. The summed E-state index contributed by atoms with van der Waals surface area (Å²) in [5, 5.41) is 10.1. The fourth-order valence-electron chi connectivity index (χ4n) is 1.14. The van der Waals surface area contributed by atoms with Crippen molar-refractivity contribution in [3.63, 3.8) is 0 Å². The number of aromatic amines is 1. The Morgan fingerprint density at radius 3 is 3.12 bits per heavy atom. The fourth-order valence-corrected chi connectivity index (χ4v) is 1.99. The number of rotatable bonds is 7. The molecule has 0 radical (unpaired) electrons. The Labute approximate surface area is 103 Å². The van der Waals surface area contributed by atoms with Gasteiger partial charge in [0.1, 0.15) is 0 Å². The molecule has 0 bridgehead atoms. The molecule has 0 spiro atoms. The van der Waals surface area contributed by atoms with Gasteiger partial charge in [-0.1, -0.05) is 0 Å². The van der Waals surface area contributed by atoms with Crippen molar-refractivity contribution in [2.75, 3.05) is 18.8 Å². The van der Waals surface area contributed by atoms with Gasteiger partial charge in [-0.05, 0) is 6.92 Å². The molecule has 7 nitrogen and oxygen atoms in total. The number of hydrogen-bond acceptors (Lipinski definition) is 5. The number of H-pyrrole nitrogens is 1. The van der Waals surface area contributed by atoms with E-state index in [0.717, 1.165) is 22.9 Å². The van der Waals surface area contributed by atoms with Gasteiger partial charge >= 0.3 is 0 Å². The summed E-state index contributed by atoms with van der Waals surface area (Å²) in [5.74, 6) is 1.65. The monoisotopic (exact) mass is 257 g/mol. The maximum absolute atomic E-state index is 10.1. The molecular weight excluding hydrogens is 242 g/mol. The number of aliphatic imine (C=N–C) groups is 1. The van der Waals surface area contributed by atoms with E-state index in [1.54, 1.807) is 18.1 Å². The topological polar surface area (TPSA) is 110 Å². The number of thioether (sulfide) groups is 1. The lowest BCUT2D eigenvalue weighted by Gasteiger charge is -1.98. The average Bonchev–Trinajstić information content (AvgIpc) is 2.63. The van der Waals surface area contributed by atoms with Crippen molar-refractivity contribution in [1.29, 1.82) is 0 Å². The molecule has 0 atom stereocenters. The lowest BCUT2D eigenvalue weighted by Crippen LogP contribution is -2.23. The summed E-state index contributed by atoms with van der Waals surface area (Å²) in [5.41, 5.74) is 7.45. The molecule has 17 heavy (non-hydrogen) atoms. The maximum atomic E-state index is 10.1. The summed E-state index contributed by atoms with van der Waals surface area (Å²) in [6, 6.07) is 0. The van der Waals surface area contributed by atoms with E-state index < -0.39 is 4.92 Å². The van der Waals surface area contributed by atoms with E-state index in [1.807, 2.05) is 6.92 Å². The zero-order chi connectivity index (χ0) is 12.7. The summed E-state index contributed by atoms with van der Waals surface area (Å²) in [6.45, 7) is 2.08. The van der Waals surface area contributed by atoms with Crippen molar-refractivity contribution in [2.45, 2.75) is 12.7 Å². The van der Waals surface area contributed by atoms with E-state index in [-0.39, 0.29) is 12.4 Å². The quantitative estimate of drug-likeness (QED) is 0.244. The van der Waals surface area contributed by atoms with Crippen molar-refractivity contribution in [2.24, 2.45) is 10.7 Å². The van der Waals surface area contributed by atoms with Gasteiger partial charge in [0.15, 0.2) is 5.84 Å². The molecule has 0 amide bonds. The molecule has 0 saturated carbocycles. The Morgan fingerprint density at radius 1 is 1.76 bits per heavy atom. The van der Waals surface area contributed by atoms with Crippen LogP contribution in [0, 0.1) is 17.0 Å². The van der Waals surface area contributed by atoms with Gasteiger partial charge in [-0.15, -0.1) is 0 Å². The second kappa shape index (κ2) is 6.89. The van der Waals surface area contributed by atoms with Crippen LogP contribution in [-0.4, -0.2) is 39.6 Å². The predicted molar refractivity (Wildman–Crippen MR) is 67.8 cm³/mol. The SMILES string of the molecule is Cc1[nH]cnc1CSCCN=C(N)C[N+](=O)[O-]. The molecule has 94 valence electrons. The molecule has 3 N–H and O–H groups in total. The van der Waals surface area contributed by atoms with Crippen LogP contribution in [0.2, 0.25) is 0 Å². The van der Waals surface area contributed by atoms with Gasteiger partial charge in [-0.3, -0.25) is 15.1 Å². The molecule has 0 aliphatic carbocycles. The highest BCUT2D eigenvalue weighted by molar-refractivity contribution is 7.98. The predicted octanol–water partition coefficient (Wildman–Crippen LogP) is 0.585. The normalized spacial score (nSPS) is 11.7. The standard InChI is InChI=1S/C9H15N5O2S/c1-7-8(13-6-12-7)5-17-3-2-11-9(10)4-14(15)16/h6H,2-5H2,1H3,(H2,10,11)(H,12,13). The molecule has 1 rings (SSSR count). The minimum absolute atomic E-state index is 0.0755. The van der Waals surface area contributed by atoms with Crippen LogP contribution >= 0.6 is 11.8 Å². The molecule has 1 aromatic heterocycles. The third-order valence-corrected chi connectivity index (χ3v) is 2.96. The van der Waals surface area contributed by atoms with E-state index in [4.69, 9.17) is 5.73 Å². The Morgan fingerprint density at radius 2 is 2.53 bits per heavy atom. The van der Waals surface area contributed by atoms with Crippen LogP contribution < -0.4 is 5.73 Å². The molecule has 8 heteroatoms. The second-order valence-electron chi connectivity index (χ2n) is 3.39. The van der Waals surface area contributed by atoms with Gasteiger partial charge in [0, 0.05) is 22.1 Å². The number of nitro groups is 1. The Bertz CT molecular complexity index is 404. The molecule has 0 aliphatic rings. The van der Waals surface area contributed by atoms with Crippen LogP contribution in [-0.2, 0) is 5.75 Å². The molecule has 0 fully saturated rings. The summed E-state index contributed by atoms with van der Waals surface area (Å²) in [7, 11) is 0. The second-order valence-corrected chi connectivity index (χ2v) is 4.50. The average molecular weight is 257 g/mol. The van der Waals surface area contributed by atoms with Crippen LogP contribution in [0.3, 0.4) is 0 Å². The molecule has 0 aliphatic heterocycles. The highest BCUT2D eigenvalue weighted by Crippen LogP contribution is 2.11. The molecule has 0 saturated heterocycles. The number of nitrogens with one attached hydrogen (secondary N) is 1. The van der Waals surface area contributed by atoms with Gasteiger partial charge in [0.05, 0.1) is 18.6 Å². The number of imidazole rings is 1. The first-order chi connectivity index (χ1) is 8.09. The maximum Gasteiger partial charge on any atom is 0.259 e. The minimum Gasteiger partial charge on any atom is -0.382 e. The van der Waals surface area contributed by atoms with Gasteiger partial charge in [-0.25, -0.2) is 4.98 Å². The number of nitrogens with two attached hydrogens (primary N) is 1. The summed E-state index contributed by atoms with van der Waals surface area (Å²) >= 11 is 1.67. The summed E-state index contributed by atoms with van der Waals surface area (Å²) < 4.78 is 0. The highest BCUT2D eigenvalue weighted by Gasteiger charge is 2.02. The number of aromatic nitrogens is 2. The van der Waals surface area contributed by atoms with Gasteiger partial charge < -0.3 is 10.7 Å². The summed E-state index contributed by atoms with van der Waals surface area (Å²) in [6.07, 6.45) is 1.67. The Kier molecular flexibility index (Phi) is 5.47. The van der Waals surface area contributed by atoms with Crippen LogP contribution in [0.25, 0.3) is 0 Å². The molecule has 1 heterocycles. The van der Waals surface area contributed by atoms with Crippen LogP contribution in [0.5, 0.6) is 0 Å². The number of aryl methyl sites for hydroxylation is 1. The van der Waals surface area contributed by atoms with Crippen LogP contribution in [0.15, 0.2) is 11.3 Å². The Hall–Kier alpha value is -1.57. The third-order valence-electron chi connectivity index (χ3n) is 2.01. The lowest BCUT2D eigenvalue weighted by molar-refractivity contribution is -0.463. The van der Waals surface area contributed by atoms with Gasteiger partial charge in [0.25, 0.3) is 6.54 Å². The number of hydrogen-bond donors (Lipinski definition) is 2. The van der Waals surface area contributed by atoms with E-state index in [9.17, 15) is 10.1 Å². The fraction of sp³-hybridized carbons (Fsp3) is 0.556. The smallest absolute Gasteiger partial charge is 0.259 e. The number of amidine groups is 1. The minimum atomic E-state index is -0.487. The molecule has 1 aromatic rings. The van der Waals surface area contributed by atoms with E-state index in [2.05, 4.69) is 15.0 Å². The van der Waals surface area contributed by atoms with Gasteiger partial charge in [0.2, 0.25) is 0 Å². The van der Waals surface area contributed by atoms with Crippen molar-refractivity contribution >= 4 is 17.6 Å². The van der Waals surface area contributed by atoms with Crippen molar-refractivity contribution in [3.05, 3.63) is 27.8 Å². The molecular formula is C9H15N5O2S. The summed E-state index contributed by atoms with van der Waals surface area (Å²) in [4.78, 5) is 20.7. The van der Waals surface area contributed by atoms with Crippen molar-refractivity contribution in [3.8, 4) is 0 Å². The van der Waals surface area contributed by atoms with Crippen molar-refractivity contribution < 1.29 is 4.92 Å².